The lowest BCUT2D eigenvalue weighted by molar-refractivity contribution is 0.675. The summed E-state index contributed by atoms with van der Waals surface area (Å²) in [5, 5.41) is 6.08. The number of benzene rings is 1. The molecule has 1 atom stereocenters. The molecule has 1 unspecified atom stereocenters. The number of hydrogen-bond donors (Lipinski definition) is 3. The van der Waals surface area contributed by atoms with Crippen molar-refractivity contribution >= 4 is 49.8 Å². The van der Waals surface area contributed by atoms with Gasteiger partial charge in [0, 0.05) is 29.6 Å². The summed E-state index contributed by atoms with van der Waals surface area (Å²) in [5.74, 6) is 1.55. The smallest absolute Gasteiger partial charge is 0.229 e. The first-order valence-electron chi connectivity index (χ1n) is 6.30. The zero-order chi connectivity index (χ0) is 15.5. The molecule has 0 amide bonds. The highest BCUT2D eigenvalue weighted by Gasteiger charge is 2.08. The average molecular weight is 417 g/mol. The van der Waals surface area contributed by atoms with Crippen molar-refractivity contribution in [2.75, 3.05) is 23.4 Å². The fraction of sp³-hybridized carbons (Fsp3) is 0.231. The molecular weight excluding hydrogens is 401 g/mol. The summed E-state index contributed by atoms with van der Waals surface area (Å²) in [6, 6.07) is 6.96. The highest BCUT2D eigenvalue weighted by atomic mass is 127. The van der Waals surface area contributed by atoms with Crippen molar-refractivity contribution in [1.82, 2.24) is 9.97 Å². The number of aromatic nitrogens is 2. The van der Waals surface area contributed by atoms with E-state index in [9.17, 15) is 4.21 Å². The van der Waals surface area contributed by atoms with Crippen LogP contribution in [0.25, 0.3) is 0 Å². The molecule has 1 aromatic carbocycles. The lowest BCUT2D eigenvalue weighted by Gasteiger charge is -2.09. The maximum absolute atomic E-state index is 12.0. The number of nitrogens with one attached hydrogen (secondary N) is 3. The van der Waals surface area contributed by atoms with Crippen molar-refractivity contribution in [3.05, 3.63) is 34.0 Å². The van der Waals surface area contributed by atoms with E-state index in [1.807, 2.05) is 0 Å². The molecule has 2 rings (SSSR count). The second-order valence-electron chi connectivity index (χ2n) is 4.25. The number of halogens is 1. The molecule has 112 valence electrons. The molecule has 0 bridgehead atoms. The molecule has 0 spiro atoms. The Labute approximate surface area is 137 Å². The van der Waals surface area contributed by atoms with Gasteiger partial charge in [-0.25, -0.2) is 14.0 Å². The number of hydrogen-bond acceptors (Lipinski definition) is 6. The van der Waals surface area contributed by atoms with E-state index in [1.165, 1.54) is 0 Å². The monoisotopic (exact) mass is 417 g/mol. The van der Waals surface area contributed by atoms with Gasteiger partial charge in [0.25, 0.3) is 0 Å². The fourth-order valence-corrected chi connectivity index (χ4v) is 3.10. The highest BCUT2D eigenvalue weighted by molar-refractivity contribution is 14.1. The molecule has 21 heavy (non-hydrogen) atoms. The third kappa shape index (κ3) is 3.82. The molecule has 6 nitrogen and oxygen atoms in total. The van der Waals surface area contributed by atoms with Crippen LogP contribution in [0.5, 0.6) is 0 Å². The third-order valence-electron chi connectivity index (χ3n) is 2.88. The van der Waals surface area contributed by atoms with Crippen LogP contribution in [0.2, 0.25) is 0 Å². The van der Waals surface area contributed by atoms with E-state index < -0.39 is 9.73 Å². The van der Waals surface area contributed by atoms with Crippen LogP contribution < -0.4 is 10.6 Å². The van der Waals surface area contributed by atoms with Gasteiger partial charge in [0.1, 0.15) is 5.82 Å². The first-order chi connectivity index (χ1) is 9.96. The predicted octanol–water partition coefficient (Wildman–Crippen LogP) is 3.29. The Morgan fingerprint density at radius 3 is 2.57 bits per heavy atom. The van der Waals surface area contributed by atoms with E-state index in [0.717, 1.165) is 15.1 Å². The molecule has 0 aliphatic heterocycles. The summed E-state index contributed by atoms with van der Waals surface area (Å²) < 4.78 is 20.7. The summed E-state index contributed by atoms with van der Waals surface area (Å²) in [4.78, 5) is 9.08. The maximum Gasteiger partial charge on any atom is 0.229 e. The van der Waals surface area contributed by atoms with Crippen molar-refractivity contribution in [2.24, 2.45) is 0 Å². The summed E-state index contributed by atoms with van der Waals surface area (Å²) >= 11 is 2.16. The maximum atomic E-state index is 12.0. The fourth-order valence-electron chi connectivity index (χ4n) is 1.66. The van der Waals surface area contributed by atoms with Crippen LogP contribution in [0.15, 0.2) is 35.4 Å². The Balaban J connectivity index is 2.21. The Hall–Kier alpha value is -1.42. The molecule has 3 N–H and O–H groups in total. The van der Waals surface area contributed by atoms with E-state index in [-0.39, 0.29) is 0 Å². The molecule has 0 saturated heterocycles. The topological polar surface area (TPSA) is 90.8 Å². The van der Waals surface area contributed by atoms with Gasteiger partial charge in [-0.3, -0.25) is 0 Å². The van der Waals surface area contributed by atoms with Gasteiger partial charge >= 0.3 is 0 Å². The summed E-state index contributed by atoms with van der Waals surface area (Å²) in [7, 11) is -0.870. The molecule has 0 radical (unpaired) electrons. The van der Waals surface area contributed by atoms with Crippen LogP contribution in [0.1, 0.15) is 6.92 Å². The van der Waals surface area contributed by atoms with Gasteiger partial charge < -0.3 is 10.6 Å². The molecule has 0 fully saturated rings. The first kappa shape index (κ1) is 16.0. The average Bonchev–Trinajstić information content (AvgIpc) is 2.49. The standard InChI is InChI=1S/C13H16IN5OS/c1-3-21(15,20)10-6-4-9(5-7-10)18-13-17-8-11(14)12(16-2)19-13/h4-8,15H,3H2,1-2H3,(H2,16,17,18,19). The quantitative estimate of drug-likeness (QED) is 0.650. The molecule has 0 saturated carbocycles. The SMILES string of the molecule is CCS(=N)(=O)c1ccc(Nc2ncc(I)c(NC)n2)cc1. The van der Waals surface area contributed by atoms with E-state index in [1.54, 1.807) is 44.4 Å². The van der Waals surface area contributed by atoms with Crippen molar-refractivity contribution in [3.8, 4) is 0 Å². The number of anilines is 3. The van der Waals surface area contributed by atoms with Crippen LogP contribution in [0.3, 0.4) is 0 Å². The van der Waals surface area contributed by atoms with Crippen molar-refractivity contribution < 1.29 is 4.21 Å². The van der Waals surface area contributed by atoms with Gasteiger partial charge in [-0.15, -0.1) is 0 Å². The van der Waals surface area contributed by atoms with E-state index in [0.29, 0.717) is 16.6 Å². The van der Waals surface area contributed by atoms with Gasteiger partial charge in [0.05, 0.1) is 13.3 Å². The van der Waals surface area contributed by atoms with Gasteiger partial charge in [0.15, 0.2) is 0 Å². The molecule has 1 aromatic heterocycles. The van der Waals surface area contributed by atoms with Crippen LogP contribution >= 0.6 is 22.6 Å². The minimum absolute atomic E-state index is 0.311. The van der Waals surface area contributed by atoms with Crippen LogP contribution in [-0.2, 0) is 9.73 Å². The zero-order valence-electron chi connectivity index (χ0n) is 11.7. The largest absolute Gasteiger partial charge is 0.372 e. The van der Waals surface area contributed by atoms with Crippen LogP contribution in [0.4, 0.5) is 17.5 Å². The number of rotatable bonds is 5. The van der Waals surface area contributed by atoms with Crippen LogP contribution in [0, 0.1) is 8.35 Å². The molecule has 0 aliphatic rings. The molecule has 1 heterocycles. The Morgan fingerprint density at radius 1 is 1.33 bits per heavy atom. The lowest BCUT2D eigenvalue weighted by Crippen LogP contribution is -2.03. The normalized spacial score (nSPS) is 13.5. The van der Waals surface area contributed by atoms with E-state index >= 15 is 0 Å². The van der Waals surface area contributed by atoms with Gasteiger partial charge in [-0.2, -0.15) is 4.98 Å². The minimum atomic E-state index is -2.67. The van der Waals surface area contributed by atoms with Gasteiger partial charge in [-0.05, 0) is 46.9 Å². The Kier molecular flexibility index (Phi) is 4.99. The second-order valence-corrected chi connectivity index (χ2v) is 7.81. The van der Waals surface area contributed by atoms with Crippen molar-refractivity contribution in [1.29, 1.82) is 4.78 Å². The third-order valence-corrected chi connectivity index (χ3v) is 5.51. The van der Waals surface area contributed by atoms with E-state index in [4.69, 9.17) is 4.78 Å². The first-order valence-corrected chi connectivity index (χ1v) is 9.10. The van der Waals surface area contributed by atoms with Gasteiger partial charge in [-0.1, -0.05) is 6.92 Å². The molecular formula is C13H16IN5OS. The summed E-state index contributed by atoms with van der Waals surface area (Å²) in [6.07, 6.45) is 1.73. The second kappa shape index (κ2) is 6.56. The molecule has 2 aromatic rings. The van der Waals surface area contributed by atoms with Crippen LogP contribution in [-0.4, -0.2) is 27.0 Å². The Bertz CT molecular complexity index is 731. The minimum Gasteiger partial charge on any atom is -0.372 e. The molecule has 8 heteroatoms. The predicted molar refractivity (Wildman–Crippen MR) is 93.7 cm³/mol. The highest BCUT2D eigenvalue weighted by Crippen LogP contribution is 2.20. The Morgan fingerprint density at radius 2 is 2.00 bits per heavy atom. The summed E-state index contributed by atoms with van der Waals surface area (Å²) in [6.45, 7) is 1.75. The zero-order valence-corrected chi connectivity index (χ0v) is 14.7. The number of nitrogens with zero attached hydrogens (tertiary/aromatic N) is 2. The molecule has 0 aliphatic carbocycles. The van der Waals surface area contributed by atoms with Gasteiger partial charge in [0.2, 0.25) is 5.95 Å². The summed E-state index contributed by atoms with van der Waals surface area (Å²) in [5.41, 5.74) is 0.785. The lowest BCUT2D eigenvalue weighted by atomic mass is 10.3. The van der Waals surface area contributed by atoms with E-state index in [2.05, 4.69) is 43.2 Å². The van der Waals surface area contributed by atoms with Crippen molar-refractivity contribution in [2.45, 2.75) is 11.8 Å². The van der Waals surface area contributed by atoms with Crippen molar-refractivity contribution in [3.63, 3.8) is 0 Å².